The highest BCUT2D eigenvalue weighted by Gasteiger charge is 2.17. The zero-order valence-electron chi connectivity index (χ0n) is 8.11. The van der Waals surface area contributed by atoms with E-state index in [-0.39, 0.29) is 17.2 Å². The molecule has 0 radical (unpaired) electrons. The van der Waals surface area contributed by atoms with Gasteiger partial charge >= 0.3 is 0 Å². The van der Waals surface area contributed by atoms with Crippen LogP contribution >= 0.6 is 11.6 Å². The van der Waals surface area contributed by atoms with E-state index in [0.29, 0.717) is 11.4 Å². The minimum absolute atomic E-state index is 0.143. The van der Waals surface area contributed by atoms with Crippen molar-refractivity contribution in [1.82, 2.24) is 4.98 Å². The average Bonchev–Trinajstić information content (AvgIpc) is 2.21. The van der Waals surface area contributed by atoms with E-state index in [1.165, 1.54) is 12.3 Å². The monoisotopic (exact) mass is 225 g/mol. The molecule has 1 rings (SSSR count). The fourth-order valence-electron chi connectivity index (χ4n) is 1.13. The van der Waals surface area contributed by atoms with Crippen molar-refractivity contribution in [2.75, 3.05) is 5.73 Å². The number of ketones is 1. The second-order valence-electron chi connectivity index (χ2n) is 3.08. The molecule has 0 amide bonds. The molecule has 0 saturated carbocycles. The van der Waals surface area contributed by atoms with Gasteiger partial charge < -0.3 is 11.5 Å². The van der Waals surface area contributed by atoms with Crippen LogP contribution in [0.3, 0.4) is 0 Å². The standard InChI is InChI=1S/C10H12ClN3O/c1-2-3-8(12)9(15)7-4-6(11)5-14-10(7)13/h2,4-5,8H,1,3,12H2,(H2,13,14). The van der Waals surface area contributed by atoms with E-state index >= 15 is 0 Å². The Morgan fingerprint density at radius 2 is 2.40 bits per heavy atom. The smallest absolute Gasteiger partial charge is 0.183 e. The molecule has 0 aromatic carbocycles. The highest BCUT2D eigenvalue weighted by atomic mass is 35.5. The molecular weight excluding hydrogens is 214 g/mol. The molecule has 0 spiro atoms. The molecule has 0 bridgehead atoms. The average molecular weight is 226 g/mol. The Kier molecular flexibility index (Phi) is 3.82. The van der Waals surface area contributed by atoms with Crippen molar-refractivity contribution in [1.29, 1.82) is 0 Å². The number of pyridine rings is 1. The molecule has 1 heterocycles. The third-order valence-electron chi connectivity index (χ3n) is 1.91. The summed E-state index contributed by atoms with van der Waals surface area (Å²) in [6.45, 7) is 3.51. The number of hydrogen-bond acceptors (Lipinski definition) is 4. The molecule has 1 aromatic rings. The van der Waals surface area contributed by atoms with E-state index in [1.807, 2.05) is 0 Å². The number of carbonyl (C=O) groups excluding carboxylic acids is 1. The summed E-state index contributed by atoms with van der Waals surface area (Å²) in [5.41, 5.74) is 11.4. The molecule has 15 heavy (non-hydrogen) atoms. The van der Waals surface area contributed by atoms with Crippen LogP contribution in [-0.4, -0.2) is 16.8 Å². The van der Waals surface area contributed by atoms with Gasteiger partial charge in [-0.05, 0) is 12.5 Å². The first-order valence-electron chi connectivity index (χ1n) is 4.38. The topological polar surface area (TPSA) is 82.0 Å². The minimum atomic E-state index is -0.648. The number of hydrogen-bond donors (Lipinski definition) is 2. The van der Waals surface area contributed by atoms with Gasteiger partial charge in [-0.15, -0.1) is 6.58 Å². The second-order valence-corrected chi connectivity index (χ2v) is 3.52. The molecule has 1 unspecified atom stereocenters. The maximum atomic E-state index is 11.8. The van der Waals surface area contributed by atoms with Gasteiger partial charge in [0.15, 0.2) is 5.78 Å². The summed E-state index contributed by atoms with van der Waals surface area (Å²) >= 11 is 5.71. The lowest BCUT2D eigenvalue weighted by atomic mass is 10.0. The summed E-state index contributed by atoms with van der Waals surface area (Å²) in [5, 5.41) is 0.360. The highest BCUT2D eigenvalue weighted by Crippen LogP contribution is 2.16. The first-order valence-corrected chi connectivity index (χ1v) is 4.75. The Morgan fingerprint density at radius 1 is 1.73 bits per heavy atom. The summed E-state index contributed by atoms with van der Waals surface area (Å²) < 4.78 is 0. The van der Waals surface area contributed by atoms with E-state index in [9.17, 15) is 4.79 Å². The zero-order valence-corrected chi connectivity index (χ0v) is 8.87. The number of nitrogens with zero attached hydrogens (tertiary/aromatic N) is 1. The van der Waals surface area contributed by atoms with E-state index < -0.39 is 6.04 Å². The molecule has 0 aliphatic heterocycles. The van der Waals surface area contributed by atoms with Crippen LogP contribution in [0.25, 0.3) is 0 Å². The van der Waals surface area contributed by atoms with E-state index in [1.54, 1.807) is 6.08 Å². The maximum absolute atomic E-state index is 11.8. The van der Waals surface area contributed by atoms with Crippen LogP contribution < -0.4 is 11.5 Å². The van der Waals surface area contributed by atoms with Crippen molar-refractivity contribution >= 4 is 23.2 Å². The van der Waals surface area contributed by atoms with Crippen molar-refractivity contribution in [3.05, 3.63) is 35.5 Å². The van der Waals surface area contributed by atoms with Gasteiger partial charge in [-0.1, -0.05) is 17.7 Å². The van der Waals surface area contributed by atoms with Crippen LogP contribution in [0.4, 0.5) is 5.82 Å². The molecular formula is C10H12ClN3O. The first-order chi connectivity index (χ1) is 7.06. The van der Waals surface area contributed by atoms with Crippen molar-refractivity contribution in [3.63, 3.8) is 0 Å². The second kappa shape index (κ2) is 4.91. The predicted molar refractivity (Wildman–Crippen MR) is 60.8 cm³/mol. The van der Waals surface area contributed by atoms with Crippen LogP contribution in [0, 0.1) is 0 Å². The lowest BCUT2D eigenvalue weighted by Crippen LogP contribution is -2.30. The van der Waals surface area contributed by atoms with Gasteiger partial charge in [0.05, 0.1) is 16.6 Å². The Morgan fingerprint density at radius 3 is 3.00 bits per heavy atom. The van der Waals surface area contributed by atoms with Crippen LogP contribution in [0.2, 0.25) is 5.02 Å². The van der Waals surface area contributed by atoms with E-state index in [4.69, 9.17) is 23.1 Å². The van der Waals surface area contributed by atoms with Gasteiger partial charge in [-0.3, -0.25) is 4.79 Å². The van der Waals surface area contributed by atoms with Crippen LogP contribution in [0.5, 0.6) is 0 Å². The molecule has 0 saturated heterocycles. The van der Waals surface area contributed by atoms with Gasteiger partial charge in [-0.2, -0.15) is 0 Å². The van der Waals surface area contributed by atoms with Crippen LogP contribution in [0.15, 0.2) is 24.9 Å². The van der Waals surface area contributed by atoms with Gasteiger partial charge in [0.2, 0.25) is 0 Å². The number of nitrogen functional groups attached to an aromatic ring is 1. The molecule has 1 aromatic heterocycles. The Balaban J connectivity index is 2.99. The largest absolute Gasteiger partial charge is 0.383 e. The highest BCUT2D eigenvalue weighted by molar-refractivity contribution is 6.31. The normalized spacial score (nSPS) is 12.1. The van der Waals surface area contributed by atoms with Gasteiger partial charge in [0.25, 0.3) is 0 Å². The lowest BCUT2D eigenvalue weighted by molar-refractivity contribution is 0.0962. The number of aromatic nitrogens is 1. The molecule has 4 N–H and O–H groups in total. The summed E-state index contributed by atoms with van der Waals surface area (Å²) in [5.74, 6) is -0.133. The van der Waals surface area contributed by atoms with Crippen LogP contribution in [-0.2, 0) is 0 Å². The number of anilines is 1. The van der Waals surface area contributed by atoms with Gasteiger partial charge in [0.1, 0.15) is 5.82 Å². The minimum Gasteiger partial charge on any atom is -0.383 e. The number of halogens is 1. The van der Waals surface area contributed by atoms with E-state index in [2.05, 4.69) is 11.6 Å². The molecule has 1 atom stereocenters. The fourth-order valence-corrected chi connectivity index (χ4v) is 1.29. The van der Waals surface area contributed by atoms with Crippen molar-refractivity contribution in [2.24, 2.45) is 5.73 Å². The van der Waals surface area contributed by atoms with Crippen molar-refractivity contribution in [3.8, 4) is 0 Å². The van der Waals surface area contributed by atoms with E-state index in [0.717, 1.165) is 0 Å². The fraction of sp³-hybridized carbons (Fsp3) is 0.200. The predicted octanol–water partition coefficient (Wildman–Crippen LogP) is 1.40. The number of nitrogens with two attached hydrogens (primary N) is 2. The number of Topliss-reactive ketones (excluding diaryl/α,β-unsaturated/α-hetero) is 1. The Labute approximate surface area is 92.9 Å². The SMILES string of the molecule is C=CCC(N)C(=O)c1cc(Cl)cnc1N. The summed E-state index contributed by atoms with van der Waals surface area (Å²) in [4.78, 5) is 15.5. The third-order valence-corrected chi connectivity index (χ3v) is 2.11. The molecule has 4 nitrogen and oxygen atoms in total. The molecule has 0 fully saturated rings. The molecule has 5 heteroatoms. The lowest BCUT2D eigenvalue weighted by Gasteiger charge is -2.09. The maximum Gasteiger partial charge on any atom is 0.183 e. The molecule has 0 aliphatic rings. The molecule has 0 aliphatic carbocycles. The third kappa shape index (κ3) is 2.78. The quantitative estimate of drug-likeness (QED) is 0.600. The van der Waals surface area contributed by atoms with Gasteiger partial charge in [0, 0.05) is 6.20 Å². The molecule has 80 valence electrons. The Hall–Kier alpha value is -1.39. The number of carbonyl (C=O) groups is 1. The van der Waals surface area contributed by atoms with Crippen molar-refractivity contribution in [2.45, 2.75) is 12.5 Å². The first kappa shape index (κ1) is 11.7. The summed E-state index contributed by atoms with van der Waals surface area (Å²) in [6.07, 6.45) is 3.36. The Bertz CT molecular complexity index is 392. The number of rotatable bonds is 4. The van der Waals surface area contributed by atoms with Crippen molar-refractivity contribution < 1.29 is 4.79 Å². The summed E-state index contributed by atoms with van der Waals surface area (Å²) in [6, 6.07) is 0.819. The zero-order chi connectivity index (χ0) is 11.4. The summed E-state index contributed by atoms with van der Waals surface area (Å²) in [7, 11) is 0. The van der Waals surface area contributed by atoms with Crippen LogP contribution in [0.1, 0.15) is 16.8 Å². The van der Waals surface area contributed by atoms with Gasteiger partial charge in [-0.25, -0.2) is 4.98 Å².